The second kappa shape index (κ2) is 6.44. The van der Waals surface area contributed by atoms with Gasteiger partial charge in [-0.25, -0.2) is 4.98 Å². The Morgan fingerprint density at radius 3 is 2.80 bits per heavy atom. The summed E-state index contributed by atoms with van der Waals surface area (Å²) in [4.78, 5) is 24.9. The van der Waals surface area contributed by atoms with Crippen molar-refractivity contribution < 1.29 is 4.79 Å². The number of likely N-dealkylation sites (N-methyl/N-ethyl adjacent to an activating group) is 1. The minimum absolute atomic E-state index is 0.0861. The molecule has 0 radical (unpaired) electrons. The molecule has 1 aromatic carbocycles. The molecule has 3 N–H and O–H groups in total. The fourth-order valence-corrected chi connectivity index (χ4v) is 3.89. The van der Waals surface area contributed by atoms with Crippen molar-refractivity contribution >= 4 is 17.5 Å². The van der Waals surface area contributed by atoms with Gasteiger partial charge in [0.15, 0.2) is 0 Å². The van der Waals surface area contributed by atoms with Gasteiger partial charge in [0.1, 0.15) is 5.82 Å². The van der Waals surface area contributed by atoms with Gasteiger partial charge >= 0.3 is 0 Å². The standard InChI is InChI=1S/C18H22ClN5O/c1-23-9-13(20)8-16(23)18(25)24-7-6-14-15(10-24)22-17(21-14)11-2-4-12(19)5-3-11/h2-5,13,16H,6-10,20H2,1H3,(H,21,22)/t13-,16-/m0/s1. The van der Waals surface area contributed by atoms with Gasteiger partial charge in [-0.15, -0.1) is 0 Å². The van der Waals surface area contributed by atoms with Gasteiger partial charge < -0.3 is 15.6 Å². The van der Waals surface area contributed by atoms with Gasteiger partial charge in [-0.05, 0) is 37.7 Å². The first-order chi connectivity index (χ1) is 12.0. The van der Waals surface area contributed by atoms with Crippen molar-refractivity contribution in [3.05, 3.63) is 40.7 Å². The summed E-state index contributed by atoms with van der Waals surface area (Å²) >= 11 is 5.95. The van der Waals surface area contributed by atoms with E-state index < -0.39 is 0 Å². The third kappa shape index (κ3) is 3.17. The lowest BCUT2D eigenvalue weighted by molar-refractivity contribution is -0.136. The van der Waals surface area contributed by atoms with Gasteiger partial charge in [0.2, 0.25) is 5.91 Å². The van der Waals surface area contributed by atoms with E-state index in [4.69, 9.17) is 22.3 Å². The number of benzene rings is 1. The zero-order chi connectivity index (χ0) is 17.6. The summed E-state index contributed by atoms with van der Waals surface area (Å²) in [6, 6.07) is 7.59. The molecule has 132 valence electrons. The van der Waals surface area contributed by atoms with Crippen molar-refractivity contribution in [2.75, 3.05) is 20.1 Å². The molecule has 1 amide bonds. The molecule has 0 aliphatic carbocycles. The Hall–Kier alpha value is -1.89. The lowest BCUT2D eigenvalue weighted by atomic mass is 10.1. The predicted octanol–water partition coefficient (Wildman–Crippen LogP) is 1.65. The topological polar surface area (TPSA) is 78.2 Å². The van der Waals surface area contributed by atoms with Crippen molar-refractivity contribution in [3.8, 4) is 11.4 Å². The first kappa shape index (κ1) is 16.6. The smallest absolute Gasteiger partial charge is 0.240 e. The summed E-state index contributed by atoms with van der Waals surface area (Å²) in [6.45, 7) is 2.06. The predicted molar refractivity (Wildman–Crippen MR) is 97.2 cm³/mol. The monoisotopic (exact) mass is 359 g/mol. The Kier molecular flexibility index (Phi) is 4.27. The Morgan fingerprint density at radius 1 is 1.36 bits per heavy atom. The SMILES string of the molecule is CN1C[C@@H](N)C[C@H]1C(=O)N1CCc2nc(-c3ccc(Cl)cc3)[nH]c2C1. The lowest BCUT2D eigenvalue weighted by Crippen LogP contribution is -2.46. The molecule has 1 fully saturated rings. The number of H-pyrrole nitrogens is 1. The molecule has 4 rings (SSSR count). The van der Waals surface area contributed by atoms with Crippen LogP contribution in [0.4, 0.5) is 0 Å². The van der Waals surface area contributed by atoms with E-state index in [1.54, 1.807) is 0 Å². The minimum Gasteiger partial charge on any atom is -0.340 e. The number of carbonyl (C=O) groups excluding carboxylic acids is 1. The third-order valence-corrected chi connectivity index (χ3v) is 5.38. The zero-order valence-electron chi connectivity index (χ0n) is 14.2. The summed E-state index contributed by atoms with van der Waals surface area (Å²) in [5.74, 6) is 1.000. The van der Waals surface area contributed by atoms with E-state index in [-0.39, 0.29) is 18.0 Å². The van der Waals surface area contributed by atoms with Gasteiger partial charge in [0.25, 0.3) is 0 Å². The molecule has 0 saturated carbocycles. The molecular formula is C18H22ClN5O. The number of aromatic nitrogens is 2. The van der Waals surface area contributed by atoms with Crippen LogP contribution in [0.15, 0.2) is 24.3 Å². The third-order valence-electron chi connectivity index (χ3n) is 5.13. The molecule has 6 nitrogen and oxygen atoms in total. The second-order valence-corrected chi connectivity index (χ2v) is 7.41. The van der Waals surface area contributed by atoms with E-state index in [0.29, 0.717) is 18.1 Å². The van der Waals surface area contributed by atoms with Crippen LogP contribution in [0.3, 0.4) is 0 Å². The largest absolute Gasteiger partial charge is 0.340 e. The number of rotatable bonds is 2. The van der Waals surface area contributed by atoms with E-state index >= 15 is 0 Å². The first-order valence-electron chi connectivity index (χ1n) is 8.59. The highest BCUT2D eigenvalue weighted by Crippen LogP contribution is 2.25. The Labute approximate surface area is 152 Å². The van der Waals surface area contributed by atoms with Crippen LogP contribution in [0.1, 0.15) is 17.8 Å². The average Bonchev–Trinajstić information content (AvgIpc) is 3.16. The number of hydrogen-bond donors (Lipinski definition) is 2. The number of nitrogens with one attached hydrogen (secondary N) is 1. The molecule has 2 aromatic rings. The van der Waals surface area contributed by atoms with E-state index in [9.17, 15) is 4.79 Å². The quantitative estimate of drug-likeness (QED) is 0.854. The zero-order valence-corrected chi connectivity index (χ0v) is 15.0. The lowest BCUT2D eigenvalue weighted by Gasteiger charge is -2.30. The molecule has 7 heteroatoms. The highest BCUT2D eigenvalue weighted by atomic mass is 35.5. The number of halogens is 1. The van der Waals surface area contributed by atoms with Crippen LogP contribution in [0.25, 0.3) is 11.4 Å². The summed E-state index contributed by atoms with van der Waals surface area (Å²) in [5.41, 5.74) is 9.07. The maximum absolute atomic E-state index is 12.9. The van der Waals surface area contributed by atoms with E-state index in [1.165, 1.54) is 0 Å². The molecule has 0 unspecified atom stereocenters. The number of fused-ring (bicyclic) bond motifs is 1. The highest BCUT2D eigenvalue weighted by Gasteiger charge is 2.36. The number of aromatic amines is 1. The minimum atomic E-state index is -0.102. The molecule has 1 aromatic heterocycles. The molecule has 1 saturated heterocycles. The number of hydrogen-bond acceptors (Lipinski definition) is 4. The van der Waals surface area contributed by atoms with Crippen molar-refractivity contribution in [2.24, 2.45) is 5.73 Å². The van der Waals surface area contributed by atoms with Gasteiger partial charge in [0.05, 0.1) is 24.0 Å². The number of nitrogens with zero attached hydrogens (tertiary/aromatic N) is 3. The normalized spacial score (nSPS) is 23.7. The van der Waals surface area contributed by atoms with Gasteiger partial charge in [-0.3, -0.25) is 9.69 Å². The molecule has 25 heavy (non-hydrogen) atoms. The molecule has 0 bridgehead atoms. The molecule has 2 atom stereocenters. The molecule has 3 heterocycles. The highest BCUT2D eigenvalue weighted by molar-refractivity contribution is 6.30. The van der Waals surface area contributed by atoms with Crippen LogP contribution < -0.4 is 5.73 Å². The summed E-state index contributed by atoms with van der Waals surface area (Å²) < 4.78 is 0. The maximum atomic E-state index is 12.9. The van der Waals surface area contributed by atoms with Crippen LogP contribution in [-0.4, -0.2) is 57.9 Å². The van der Waals surface area contributed by atoms with Crippen LogP contribution in [0, 0.1) is 0 Å². The number of amides is 1. The molecule has 2 aliphatic rings. The average molecular weight is 360 g/mol. The fourth-order valence-electron chi connectivity index (χ4n) is 3.76. The van der Waals surface area contributed by atoms with Gasteiger partial charge in [-0.1, -0.05) is 11.6 Å². The number of imidazole rings is 1. The second-order valence-electron chi connectivity index (χ2n) is 6.98. The van der Waals surface area contributed by atoms with Crippen LogP contribution in [0.2, 0.25) is 5.02 Å². The van der Waals surface area contributed by atoms with Crippen molar-refractivity contribution in [1.82, 2.24) is 19.8 Å². The summed E-state index contributed by atoms with van der Waals surface area (Å²) in [5, 5.41) is 0.704. The number of likely N-dealkylation sites (tertiary alicyclic amines) is 1. The van der Waals surface area contributed by atoms with Gasteiger partial charge in [-0.2, -0.15) is 0 Å². The van der Waals surface area contributed by atoms with Crippen LogP contribution in [-0.2, 0) is 17.8 Å². The number of carbonyl (C=O) groups is 1. The van der Waals surface area contributed by atoms with Crippen LogP contribution in [0.5, 0.6) is 0 Å². The van der Waals surface area contributed by atoms with Crippen molar-refractivity contribution in [3.63, 3.8) is 0 Å². The fraction of sp³-hybridized carbons (Fsp3) is 0.444. The molecular weight excluding hydrogens is 338 g/mol. The van der Waals surface area contributed by atoms with Crippen LogP contribution >= 0.6 is 11.6 Å². The van der Waals surface area contributed by atoms with E-state index in [0.717, 1.165) is 42.2 Å². The van der Waals surface area contributed by atoms with Crippen molar-refractivity contribution in [1.29, 1.82) is 0 Å². The first-order valence-corrected chi connectivity index (χ1v) is 8.97. The summed E-state index contributed by atoms with van der Waals surface area (Å²) in [6.07, 6.45) is 1.51. The molecule has 2 aliphatic heterocycles. The Balaban J connectivity index is 1.51. The van der Waals surface area contributed by atoms with E-state index in [2.05, 4.69) is 9.88 Å². The number of nitrogens with two attached hydrogens (primary N) is 1. The molecule has 0 spiro atoms. The summed E-state index contributed by atoms with van der Waals surface area (Å²) in [7, 11) is 1.97. The van der Waals surface area contributed by atoms with Crippen molar-refractivity contribution in [2.45, 2.75) is 31.5 Å². The van der Waals surface area contributed by atoms with Gasteiger partial charge in [0, 0.05) is 36.1 Å². The van der Waals surface area contributed by atoms with E-state index in [1.807, 2.05) is 36.2 Å². The maximum Gasteiger partial charge on any atom is 0.240 e. The Morgan fingerprint density at radius 2 is 2.12 bits per heavy atom. The Bertz CT molecular complexity index is 787.